The summed E-state index contributed by atoms with van der Waals surface area (Å²) >= 11 is 1.09. The van der Waals surface area contributed by atoms with Gasteiger partial charge in [-0.2, -0.15) is 0 Å². The number of thioether (sulfide) groups is 1. The SMILES string of the molecule is C[C@@H](Sc1nnc(-c2cccnc2)o1)C(=O)NNC(=O)c1ccccc1. The van der Waals surface area contributed by atoms with Crippen LogP contribution in [0.2, 0.25) is 0 Å². The van der Waals surface area contributed by atoms with E-state index in [0.717, 1.165) is 11.8 Å². The van der Waals surface area contributed by atoms with E-state index in [0.29, 0.717) is 17.0 Å². The molecular weight excluding hydrogens is 354 g/mol. The molecular formula is C17H15N5O3S. The molecule has 26 heavy (non-hydrogen) atoms. The van der Waals surface area contributed by atoms with Crippen molar-refractivity contribution in [3.63, 3.8) is 0 Å². The number of nitrogens with one attached hydrogen (secondary N) is 2. The summed E-state index contributed by atoms with van der Waals surface area (Å²) < 4.78 is 5.52. The molecule has 1 aromatic carbocycles. The fourth-order valence-electron chi connectivity index (χ4n) is 1.95. The predicted octanol–water partition coefficient (Wildman–Crippen LogP) is 2.07. The average Bonchev–Trinajstić information content (AvgIpc) is 3.15. The first-order valence-electron chi connectivity index (χ1n) is 7.69. The maximum absolute atomic E-state index is 12.1. The van der Waals surface area contributed by atoms with Gasteiger partial charge >= 0.3 is 0 Å². The average molecular weight is 369 g/mol. The van der Waals surface area contributed by atoms with E-state index >= 15 is 0 Å². The van der Waals surface area contributed by atoms with Crippen molar-refractivity contribution < 1.29 is 14.0 Å². The minimum absolute atomic E-state index is 0.251. The van der Waals surface area contributed by atoms with Crippen LogP contribution >= 0.6 is 11.8 Å². The molecule has 3 aromatic rings. The highest BCUT2D eigenvalue weighted by atomic mass is 32.2. The van der Waals surface area contributed by atoms with Crippen molar-refractivity contribution in [2.24, 2.45) is 0 Å². The number of hydrogen-bond acceptors (Lipinski definition) is 7. The van der Waals surface area contributed by atoms with E-state index in [1.807, 2.05) is 0 Å². The van der Waals surface area contributed by atoms with Crippen LogP contribution in [0.5, 0.6) is 0 Å². The van der Waals surface area contributed by atoms with E-state index in [2.05, 4.69) is 26.0 Å². The normalized spacial score (nSPS) is 11.6. The molecule has 132 valence electrons. The Labute approximate surface area is 153 Å². The van der Waals surface area contributed by atoms with Gasteiger partial charge in [0.2, 0.25) is 5.89 Å². The second kappa shape index (κ2) is 8.26. The maximum Gasteiger partial charge on any atom is 0.277 e. The van der Waals surface area contributed by atoms with Gasteiger partial charge in [0, 0.05) is 18.0 Å². The Morgan fingerprint density at radius 2 is 1.88 bits per heavy atom. The summed E-state index contributed by atoms with van der Waals surface area (Å²) in [7, 11) is 0. The second-order valence-corrected chi connectivity index (χ2v) is 6.48. The van der Waals surface area contributed by atoms with Crippen LogP contribution in [0, 0.1) is 0 Å². The van der Waals surface area contributed by atoms with E-state index in [-0.39, 0.29) is 11.1 Å². The van der Waals surface area contributed by atoms with E-state index in [9.17, 15) is 9.59 Å². The molecule has 9 heteroatoms. The molecule has 3 rings (SSSR count). The van der Waals surface area contributed by atoms with E-state index in [1.54, 1.807) is 61.8 Å². The molecule has 0 aliphatic rings. The quantitative estimate of drug-likeness (QED) is 0.523. The van der Waals surface area contributed by atoms with Gasteiger partial charge in [0.1, 0.15) is 0 Å². The Morgan fingerprint density at radius 3 is 2.62 bits per heavy atom. The van der Waals surface area contributed by atoms with E-state index in [4.69, 9.17) is 4.42 Å². The van der Waals surface area contributed by atoms with Crippen molar-refractivity contribution in [3.8, 4) is 11.5 Å². The lowest BCUT2D eigenvalue weighted by Gasteiger charge is -2.10. The highest BCUT2D eigenvalue weighted by Crippen LogP contribution is 2.25. The number of rotatable bonds is 5. The number of amides is 2. The number of benzene rings is 1. The number of aromatic nitrogens is 3. The van der Waals surface area contributed by atoms with Crippen LogP contribution < -0.4 is 10.9 Å². The molecule has 2 N–H and O–H groups in total. The van der Waals surface area contributed by atoms with Gasteiger partial charge < -0.3 is 4.42 Å². The number of pyridine rings is 1. The van der Waals surface area contributed by atoms with Gasteiger partial charge in [0.05, 0.1) is 10.8 Å². The van der Waals surface area contributed by atoms with Crippen molar-refractivity contribution in [3.05, 3.63) is 60.4 Å². The van der Waals surface area contributed by atoms with Crippen LogP contribution in [-0.2, 0) is 4.79 Å². The first-order chi connectivity index (χ1) is 12.6. The van der Waals surface area contributed by atoms with Gasteiger partial charge in [-0.3, -0.25) is 25.4 Å². The molecule has 0 saturated heterocycles. The Bertz CT molecular complexity index is 886. The molecule has 0 unspecified atom stereocenters. The maximum atomic E-state index is 12.1. The second-order valence-electron chi connectivity index (χ2n) is 5.18. The number of hydrazine groups is 1. The Kier molecular flexibility index (Phi) is 5.59. The smallest absolute Gasteiger partial charge is 0.277 e. The van der Waals surface area contributed by atoms with Gasteiger partial charge in [0.25, 0.3) is 17.0 Å². The molecule has 2 aromatic heterocycles. The van der Waals surface area contributed by atoms with Crippen molar-refractivity contribution in [2.45, 2.75) is 17.4 Å². The fraction of sp³-hybridized carbons (Fsp3) is 0.118. The van der Waals surface area contributed by atoms with Crippen molar-refractivity contribution in [2.75, 3.05) is 0 Å². The standard InChI is InChI=1S/C17H15N5O3S/c1-11(14(23)19-20-15(24)12-6-3-2-4-7-12)26-17-22-21-16(25-17)13-8-5-9-18-10-13/h2-11H,1H3,(H,19,23)(H,20,24)/t11-/m1/s1. The minimum Gasteiger partial charge on any atom is -0.411 e. The number of hydrogen-bond donors (Lipinski definition) is 2. The van der Waals surface area contributed by atoms with Crippen molar-refractivity contribution >= 4 is 23.6 Å². The molecule has 2 amide bonds. The number of carbonyl (C=O) groups is 2. The van der Waals surface area contributed by atoms with Crippen LogP contribution in [-0.4, -0.2) is 32.2 Å². The lowest BCUT2D eigenvalue weighted by Crippen LogP contribution is -2.44. The van der Waals surface area contributed by atoms with Gasteiger partial charge in [-0.05, 0) is 31.2 Å². The molecule has 0 fully saturated rings. The van der Waals surface area contributed by atoms with Crippen LogP contribution in [0.15, 0.2) is 64.5 Å². The van der Waals surface area contributed by atoms with Gasteiger partial charge in [-0.15, -0.1) is 10.2 Å². The topological polar surface area (TPSA) is 110 Å². The molecule has 0 aliphatic heterocycles. The molecule has 2 heterocycles. The largest absolute Gasteiger partial charge is 0.411 e. The third-order valence-corrected chi connectivity index (χ3v) is 4.23. The fourth-order valence-corrected chi connectivity index (χ4v) is 2.63. The van der Waals surface area contributed by atoms with Crippen molar-refractivity contribution in [1.29, 1.82) is 0 Å². The zero-order chi connectivity index (χ0) is 18.4. The molecule has 1 atom stereocenters. The third-order valence-electron chi connectivity index (χ3n) is 3.30. The van der Waals surface area contributed by atoms with Gasteiger partial charge in [-0.1, -0.05) is 30.0 Å². The van der Waals surface area contributed by atoms with Crippen molar-refractivity contribution in [1.82, 2.24) is 26.0 Å². The Hall–Kier alpha value is -3.20. The summed E-state index contributed by atoms with van der Waals surface area (Å²) in [6, 6.07) is 12.1. The number of nitrogens with zero attached hydrogens (tertiary/aromatic N) is 3. The zero-order valence-corrected chi connectivity index (χ0v) is 14.6. The van der Waals surface area contributed by atoms with Gasteiger partial charge in [0.15, 0.2) is 0 Å². The molecule has 0 radical (unpaired) electrons. The predicted molar refractivity (Wildman–Crippen MR) is 94.9 cm³/mol. The van der Waals surface area contributed by atoms with E-state index < -0.39 is 11.2 Å². The van der Waals surface area contributed by atoms with Crippen LogP contribution in [0.1, 0.15) is 17.3 Å². The molecule has 0 spiro atoms. The zero-order valence-electron chi connectivity index (χ0n) is 13.7. The van der Waals surface area contributed by atoms with Gasteiger partial charge in [-0.25, -0.2) is 0 Å². The van der Waals surface area contributed by atoms with Crippen LogP contribution in [0.3, 0.4) is 0 Å². The Morgan fingerprint density at radius 1 is 1.08 bits per heavy atom. The van der Waals surface area contributed by atoms with Crippen LogP contribution in [0.4, 0.5) is 0 Å². The lowest BCUT2D eigenvalue weighted by molar-refractivity contribution is -0.121. The molecule has 0 aliphatic carbocycles. The first kappa shape index (κ1) is 17.6. The summed E-state index contributed by atoms with van der Waals surface area (Å²) in [6.07, 6.45) is 3.25. The summed E-state index contributed by atoms with van der Waals surface area (Å²) in [5.41, 5.74) is 5.89. The highest BCUT2D eigenvalue weighted by molar-refractivity contribution is 8.00. The third kappa shape index (κ3) is 4.45. The first-order valence-corrected chi connectivity index (χ1v) is 8.57. The summed E-state index contributed by atoms with van der Waals surface area (Å²) in [4.78, 5) is 28.0. The van der Waals surface area contributed by atoms with E-state index in [1.165, 1.54) is 0 Å². The summed E-state index contributed by atoms with van der Waals surface area (Å²) in [5.74, 6) is -0.459. The Balaban J connectivity index is 1.53. The molecule has 0 saturated carbocycles. The monoisotopic (exact) mass is 369 g/mol. The minimum atomic E-state index is -0.548. The summed E-state index contributed by atoms with van der Waals surface area (Å²) in [6.45, 7) is 1.67. The molecule has 8 nitrogen and oxygen atoms in total. The lowest BCUT2D eigenvalue weighted by atomic mass is 10.2. The summed E-state index contributed by atoms with van der Waals surface area (Å²) in [5, 5.41) is 7.55. The highest BCUT2D eigenvalue weighted by Gasteiger charge is 2.19. The molecule has 0 bridgehead atoms. The number of carbonyl (C=O) groups excluding carboxylic acids is 2. The van der Waals surface area contributed by atoms with Crippen LogP contribution in [0.25, 0.3) is 11.5 Å².